The van der Waals surface area contributed by atoms with Crippen molar-refractivity contribution in [2.24, 2.45) is 0 Å². The molecule has 4 nitrogen and oxygen atoms in total. The van der Waals surface area contributed by atoms with Crippen LogP contribution in [0.25, 0.3) is 0 Å². The van der Waals surface area contributed by atoms with Gasteiger partial charge in [-0.3, -0.25) is 0 Å². The molecule has 0 N–H and O–H groups in total. The van der Waals surface area contributed by atoms with Gasteiger partial charge in [0.1, 0.15) is 4.88 Å². The Hall–Kier alpha value is -2.05. The lowest BCUT2D eigenvalue weighted by atomic mass is 10.1. The Morgan fingerprint density at radius 3 is 2.48 bits per heavy atom. The zero-order valence-electron chi connectivity index (χ0n) is 14.6. The van der Waals surface area contributed by atoms with Gasteiger partial charge in [-0.2, -0.15) is 5.10 Å². The summed E-state index contributed by atoms with van der Waals surface area (Å²) < 4.78 is 7.58. The van der Waals surface area contributed by atoms with Crippen LogP contribution in [0.15, 0.2) is 57.6 Å². The Morgan fingerprint density at radius 1 is 1.16 bits per heavy atom. The zero-order chi connectivity index (χ0) is 18.0. The molecule has 1 aromatic carbocycles. The largest absolute Gasteiger partial charge is 0.402 e. The number of nitrogens with zero attached hydrogens (tertiary/aromatic N) is 2. The van der Waals surface area contributed by atoms with Crippen LogP contribution in [-0.2, 0) is 5.54 Å². The lowest BCUT2D eigenvalue weighted by molar-refractivity contribution is 0.0709. The van der Waals surface area contributed by atoms with Gasteiger partial charge in [-0.25, -0.2) is 9.48 Å². The van der Waals surface area contributed by atoms with Gasteiger partial charge >= 0.3 is 5.97 Å². The number of carbonyl (C=O) groups is 1. The lowest BCUT2D eigenvalue weighted by Gasteiger charge is -2.21. The van der Waals surface area contributed by atoms with Crippen molar-refractivity contribution in [1.29, 1.82) is 0 Å². The number of aryl methyl sites for hydroxylation is 1. The lowest BCUT2D eigenvalue weighted by Crippen LogP contribution is -2.25. The van der Waals surface area contributed by atoms with E-state index in [1.807, 2.05) is 69.5 Å². The summed E-state index contributed by atoms with van der Waals surface area (Å²) in [5, 5.41) is 6.50. The van der Waals surface area contributed by atoms with Crippen LogP contribution < -0.4 is 4.74 Å². The van der Waals surface area contributed by atoms with Gasteiger partial charge in [0, 0.05) is 4.90 Å². The second-order valence-corrected chi connectivity index (χ2v) is 8.62. The minimum Gasteiger partial charge on any atom is -0.402 e. The minimum atomic E-state index is -0.352. The van der Waals surface area contributed by atoms with E-state index in [1.54, 1.807) is 22.5 Å². The number of rotatable bonds is 4. The highest BCUT2D eigenvalue weighted by atomic mass is 32.2. The third-order valence-electron chi connectivity index (χ3n) is 3.48. The molecule has 0 radical (unpaired) electrons. The van der Waals surface area contributed by atoms with Crippen LogP contribution >= 0.6 is 23.1 Å². The molecule has 25 heavy (non-hydrogen) atoms. The second kappa shape index (κ2) is 7.06. The van der Waals surface area contributed by atoms with Crippen molar-refractivity contribution < 1.29 is 9.53 Å². The summed E-state index contributed by atoms with van der Waals surface area (Å²) in [7, 11) is 0. The van der Waals surface area contributed by atoms with Crippen LogP contribution in [0.4, 0.5) is 0 Å². The molecule has 2 aromatic heterocycles. The van der Waals surface area contributed by atoms with E-state index in [-0.39, 0.29) is 11.5 Å². The van der Waals surface area contributed by atoms with Crippen molar-refractivity contribution in [3.63, 3.8) is 0 Å². The summed E-state index contributed by atoms with van der Waals surface area (Å²) in [6.07, 6.45) is 0. The number of carbonyl (C=O) groups excluding carboxylic acids is 1. The van der Waals surface area contributed by atoms with Crippen LogP contribution in [0.3, 0.4) is 0 Å². The number of thiophene rings is 1. The first-order chi connectivity index (χ1) is 11.9. The van der Waals surface area contributed by atoms with E-state index in [4.69, 9.17) is 4.74 Å². The number of aromatic nitrogens is 2. The van der Waals surface area contributed by atoms with Crippen molar-refractivity contribution in [2.75, 3.05) is 0 Å². The molecule has 0 spiro atoms. The first-order valence-corrected chi connectivity index (χ1v) is 9.64. The molecule has 0 unspecified atom stereocenters. The highest BCUT2D eigenvalue weighted by Gasteiger charge is 2.27. The molecule has 6 heteroatoms. The monoisotopic (exact) mass is 372 g/mol. The van der Waals surface area contributed by atoms with E-state index in [2.05, 4.69) is 5.10 Å². The number of benzene rings is 1. The van der Waals surface area contributed by atoms with Crippen molar-refractivity contribution >= 4 is 29.1 Å². The van der Waals surface area contributed by atoms with Crippen LogP contribution in [0, 0.1) is 6.92 Å². The summed E-state index contributed by atoms with van der Waals surface area (Å²) >= 11 is 2.93. The van der Waals surface area contributed by atoms with E-state index < -0.39 is 0 Å². The number of hydrogen-bond donors (Lipinski definition) is 0. The maximum absolute atomic E-state index is 12.5. The Morgan fingerprint density at radius 2 is 1.88 bits per heavy atom. The fraction of sp³-hybridized carbons (Fsp3) is 0.263. The molecule has 0 aliphatic heterocycles. The maximum atomic E-state index is 12.5. The third kappa shape index (κ3) is 3.96. The van der Waals surface area contributed by atoms with Gasteiger partial charge in [0.25, 0.3) is 0 Å². The molecule has 0 fully saturated rings. The van der Waals surface area contributed by atoms with Gasteiger partial charge in [0.15, 0.2) is 0 Å². The Kier molecular flexibility index (Phi) is 5.01. The predicted octanol–water partition coefficient (Wildman–Crippen LogP) is 5.38. The topological polar surface area (TPSA) is 44.1 Å². The first kappa shape index (κ1) is 17.8. The van der Waals surface area contributed by atoms with Crippen molar-refractivity contribution in [1.82, 2.24) is 9.78 Å². The molecular formula is C19H20N2O2S2. The molecular weight excluding hydrogens is 352 g/mol. The van der Waals surface area contributed by atoms with Crippen LogP contribution in [0.1, 0.15) is 36.1 Å². The number of hydrogen-bond acceptors (Lipinski definition) is 5. The van der Waals surface area contributed by atoms with Gasteiger partial charge in [-0.05, 0) is 51.3 Å². The SMILES string of the molecule is Cc1nn(C(C)(C)C)c(OC(=O)c2cccs2)c1Sc1ccccc1. The first-order valence-electron chi connectivity index (χ1n) is 7.95. The fourth-order valence-electron chi connectivity index (χ4n) is 2.29. The zero-order valence-corrected chi connectivity index (χ0v) is 16.3. The molecule has 0 aliphatic rings. The molecule has 0 aliphatic carbocycles. The molecule has 3 rings (SSSR count). The van der Waals surface area contributed by atoms with Crippen LogP contribution in [0.5, 0.6) is 5.88 Å². The average molecular weight is 373 g/mol. The van der Waals surface area contributed by atoms with Gasteiger partial charge in [-0.1, -0.05) is 36.0 Å². The van der Waals surface area contributed by atoms with E-state index in [9.17, 15) is 4.79 Å². The molecule has 0 bridgehead atoms. The number of ether oxygens (including phenoxy) is 1. The van der Waals surface area contributed by atoms with Gasteiger partial charge in [0.2, 0.25) is 5.88 Å². The molecule has 2 heterocycles. The van der Waals surface area contributed by atoms with Crippen molar-refractivity contribution in [2.45, 2.75) is 43.0 Å². The average Bonchev–Trinajstić information content (AvgIpc) is 3.19. The molecule has 3 aromatic rings. The van der Waals surface area contributed by atoms with Gasteiger partial charge < -0.3 is 4.74 Å². The van der Waals surface area contributed by atoms with E-state index >= 15 is 0 Å². The molecule has 0 amide bonds. The van der Waals surface area contributed by atoms with Gasteiger partial charge in [0.05, 0.1) is 16.1 Å². The van der Waals surface area contributed by atoms with Crippen LogP contribution in [0.2, 0.25) is 0 Å². The molecule has 130 valence electrons. The molecule has 0 atom stereocenters. The highest BCUT2D eigenvalue weighted by Crippen LogP contribution is 2.40. The van der Waals surface area contributed by atoms with Gasteiger partial charge in [-0.15, -0.1) is 11.3 Å². The van der Waals surface area contributed by atoms with Crippen molar-refractivity contribution in [3.05, 3.63) is 58.4 Å². The quantitative estimate of drug-likeness (QED) is 0.577. The van der Waals surface area contributed by atoms with Crippen molar-refractivity contribution in [3.8, 4) is 5.88 Å². The standard InChI is InChI=1S/C19H20N2O2S2/c1-13-16(25-14-9-6-5-7-10-14)17(21(20-13)19(2,3)4)23-18(22)15-11-8-12-24-15/h5-12H,1-4H3. The molecule has 0 saturated heterocycles. The third-order valence-corrected chi connectivity index (χ3v) is 5.51. The normalized spacial score (nSPS) is 11.5. The summed E-state index contributed by atoms with van der Waals surface area (Å²) in [5.74, 6) is 0.146. The summed E-state index contributed by atoms with van der Waals surface area (Å²) in [6.45, 7) is 8.06. The molecule has 0 saturated carbocycles. The van der Waals surface area contributed by atoms with Crippen LogP contribution in [-0.4, -0.2) is 15.7 Å². The summed E-state index contributed by atoms with van der Waals surface area (Å²) in [5.41, 5.74) is 0.545. The predicted molar refractivity (Wildman–Crippen MR) is 102 cm³/mol. The maximum Gasteiger partial charge on any atom is 0.355 e. The van der Waals surface area contributed by atoms with E-state index in [1.165, 1.54) is 11.3 Å². The Balaban J connectivity index is 2.02. The minimum absolute atomic E-state index is 0.300. The van der Waals surface area contributed by atoms with E-state index in [0.29, 0.717) is 10.8 Å². The van der Waals surface area contributed by atoms with E-state index in [0.717, 1.165) is 15.5 Å². The summed E-state index contributed by atoms with van der Waals surface area (Å²) in [4.78, 5) is 15.0. The number of esters is 1. The Bertz CT molecular complexity index is 863. The summed E-state index contributed by atoms with van der Waals surface area (Å²) in [6, 6.07) is 13.6. The smallest absolute Gasteiger partial charge is 0.355 e. The highest BCUT2D eigenvalue weighted by molar-refractivity contribution is 7.99. The fourth-order valence-corrected chi connectivity index (χ4v) is 3.82. The second-order valence-electron chi connectivity index (χ2n) is 6.58. The Labute approximate surface area is 155 Å².